The molecule has 2 aromatic rings. The van der Waals surface area contributed by atoms with Crippen molar-refractivity contribution in [1.82, 2.24) is 9.97 Å². The summed E-state index contributed by atoms with van der Waals surface area (Å²) in [4.78, 5) is 8.11. The van der Waals surface area contributed by atoms with Crippen LogP contribution >= 0.6 is 34.8 Å². The van der Waals surface area contributed by atoms with E-state index in [9.17, 15) is 0 Å². The van der Waals surface area contributed by atoms with E-state index in [1.807, 2.05) is 0 Å². The minimum atomic E-state index is 0.204. The number of rotatable bonds is 4. The summed E-state index contributed by atoms with van der Waals surface area (Å²) in [5, 5.41) is 1.12. The van der Waals surface area contributed by atoms with Gasteiger partial charge < -0.3 is 10.2 Å². The number of nitrogens with two attached hydrogens (primary N) is 1. The standard InChI is InChI=1S/C11H9Cl3N4O/c12-7-1-9(14)10(2-8(7)13)19-5-6-3-17-11(18-15)4-16-6/h1-4H,5,15H2,(H,17,18). The zero-order valence-corrected chi connectivity index (χ0v) is 11.8. The van der Waals surface area contributed by atoms with Crippen molar-refractivity contribution in [2.75, 3.05) is 5.43 Å². The molecule has 0 unspecified atom stereocenters. The Morgan fingerprint density at radius 2 is 1.79 bits per heavy atom. The quantitative estimate of drug-likeness (QED) is 0.514. The first-order valence-corrected chi connectivity index (χ1v) is 6.28. The number of hydrogen-bond acceptors (Lipinski definition) is 5. The highest BCUT2D eigenvalue weighted by Crippen LogP contribution is 2.34. The largest absolute Gasteiger partial charge is 0.486 e. The minimum absolute atomic E-state index is 0.204. The van der Waals surface area contributed by atoms with E-state index in [4.69, 9.17) is 45.4 Å². The second kappa shape index (κ2) is 6.25. The van der Waals surface area contributed by atoms with Crippen LogP contribution in [-0.2, 0) is 6.61 Å². The second-order valence-corrected chi connectivity index (χ2v) is 4.74. The van der Waals surface area contributed by atoms with Gasteiger partial charge in [-0.15, -0.1) is 0 Å². The van der Waals surface area contributed by atoms with Gasteiger partial charge in [-0.05, 0) is 6.07 Å². The van der Waals surface area contributed by atoms with E-state index in [-0.39, 0.29) is 6.61 Å². The van der Waals surface area contributed by atoms with Crippen LogP contribution in [0, 0.1) is 0 Å². The lowest BCUT2D eigenvalue weighted by molar-refractivity contribution is 0.301. The monoisotopic (exact) mass is 318 g/mol. The topological polar surface area (TPSA) is 73.1 Å². The number of nitrogen functional groups attached to an aromatic ring is 1. The Hall–Kier alpha value is -1.27. The number of ether oxygens (including phenoxy) is 1. The van der Waals surface area contributed by atoms with Gasteiger partial charge >= 0.3 is 0 Å². The van der Waals surface area contributed by atoms with E-state index in [1.165, 1.54) is 12.3 Å². The molecular weight excluding hydrogens is 311 g/mol. The first-order chi connectivity index (χ1) is 9.10. The van der Waals surface area contributed by atoms with Gasteiger partial charge in [-0.1, -0.05) is 34.8 Å². The number of anilines is 1. The third kappa shape index (κ3) is 3.61. The third-order valence-electron chi connectivity index (χ3n) is 2.20. The zero-order valence-electron chi connectivity index (χ0n) is 9.53. The molecule has 8 heteroatoms. The molecule has 19 heavy (non-hydrogen) atoms. The molecule has 0 aliphatic heterocycles. The molecule has 0 radical (unpaired) electrons. The van der Waals surface area contributed by atoms with Gasteiger partial charge in [0.25, 0.3) is 0 Å². The highest BCUT2D eigenvalue weighted by molar-refractivity contribution is 6.43. The van der Waals surface area contributed by atoms with Crippen molar-refractivity contribution in [3.05, 3.63) is 45.3 Å². The first kappa shape index (κ1) is 14.1. The number of halogens is 3. The molecule has 1 aromatic carbocycles. The van der Waals surface area contributed by atoms with E-state index in [0.717, 1.165) is 0 Å². The molecule has 0 amide bonds. The van der Waals surface area contributed by atoms with E-state index in [1.54, 1.807) is 12.3 Å². The smallest absolute Gasteiger partial charge is 0.158 e. The summed E-state index contributed by atoms with van der Waals surface area (Å²) in [5.41, 5.74) is 3.01. The Balaban J connectivity index is 2.07. The fourth-order valence-electron chi connectivity index (χ4n) is 1.27. The molecule has 0 atom stereocenters. The van der Waals surface area contributed by atoms with Crippen molar-refractivity contribution < 1.29 is 4.74 Å². The van der Waals surface area contributed by atoms with Crippen molar-refractivity contribution in [3.8, 4) is 5.75 Å². The van der Waals surface area contributed by atoms with E-state index in [2.05, 4.69) is 15.4 Å². The average Bonchev–Trinajstić information content (AvgIpc) is 2.42. The molecule has 2 rings (SSSR count). The normalized spacial score (nSPS) is 10.3. The molecule has 0 saturated heterocycles. The van der Waals surface area contributed by atoms with E-state index in [0.29, 0.717) is 32.3 Å². The fraction of sp³-hybridized carbons (Fsp3) is 0.0909. The van der Waals surface area contributed by atoms with E-state index >= 15 is 0 Å². The summed E-state index contributed by atoms with van der Waals surface area (Å²) in [6, 6.07) is 3.07. The van der Waals surface area contributed by atoms with Crippen LogP contribution in [0.25, 0.3) is 0 Å². The second-order valence-electron chi connectivity index (χ2n) is 3.52. The Morgan fingerprint density at radius 3 is 2.42 bits per heavy atom. The average molecular weight is 320 g/mol. The molecule has 0 spiro atoms. The van der Waals surface area contributed by atoms with Crippen LogP contribution in [0.1, 0.15) is 5.69 Å². The van der Waals surface area contributed by atoms with Crippen molar-refractivity contribution in [2.24, 2.45) is 5.84 Å². The Labute approximate surface area is 124 Å². The number of aromatic nitrogens is 2. The van der Waals surface area contributed by atoms with Crippen LogP contribution in [0.5, 0.6) is 5.75 Å². The number of nitrogens with zero attached hydrogens (tertiary/aromatic N) is 2. The molecule has 0 aliphatic rings. The Kier molecular flexibility index (Phi) is 4.66. The van der Waals surface area contributed by atoms with Crippen LogP contribution in [-0.4, -0.2) is 9.97 Å². The maximum Gasteiger partial charge on any atom is 0.158 e. The number of nitrogens with one attached hydrogen (secondary N) is 1. The molecule has 5 nitrogen and oxygen atoms in total. The van der Waals surface area contributed by atoms with Crippen molar-refractivity contribution in [1.29, 1.82) is 0 Å². The highest BCUT2D eigenvalue weighted by Gasteiger charge is 2.08. The molecule has 100 valence electrons. The first-order valence-electron chi connectivity index (χ1n) is 5.15. The number of benzene rings is 1. The summed E-state index contributed by atoms with van der Waals surface area (Å²) < 4.78 is 5.50. The van der Waals surface area contributed by atoms with Crippen molar-refractivity contribution in [3.63, 3.8) is 0 Å². The molecule has 0 saturated carbocycles. The molecule has 0 fully saturated rings. The van der Waals surface area contributed by atoms with Gasteiger partial charge in [0.2, 0.25) is 0 Å². The summed E-state index contributed by atoms with van der Waals surface area (Å²) in [7, 11) is 0. The summed E-state index contributed by atoms with van der Waals surface area (Å²) in [5.74, 6) is 6.09. The highest BCUT2D eigenvalue weighted by atomic mass is 35.5. The number of hydrazine groups is 1. The fourth-order valence-corrected chi connectivity index (χ4v) is 1.86. The lowest BCUT2D eigenvalue weighted by Gasteiger charge is -2.09. The number of hydrogen-bond donors (Lipinski definition) is 2. The molecule has 1 aromatic heterocycles. The van der Waals surface area contributed by atoms with Gasteiger partial charge in [-0.3, -0.25) is 4.98 Å². The van der Waals surface area contributed by atoms with Crippen LogP contribution in [0.4, 0.5) is 5.82 Å². The van der Waals surface area contributed by atoms with Crippen molar-refractivity contribution in [2.45, 2.75) is 6.61 Å². The van der Waals surface area contributed by atoms with Gasteiger partial charge in [0, 0.05) is 6.07 Å². The molecule has 3 N–H and O–H groups in total. The van der Waals surface area contributed by atoms with Crippen molar-refractivity contribution >= 4 is 40.6 Å². The van der Waals surface area contributed by atoms with Gasteiger partial charge in [-0.2, -0.15) is 0 Å². The minimum Gasteiger partial charge on any atom is -0.486 e. The van der Waals surface area contributed by atoms with Crippen LogP contribution in [0.15, 0.2) is 24.5 Å². The van der Waals surface area contributed by atoms with E-state index < -0.39 is 0 Å². The maximum atomic E-state index is 5.98. The summed E-state index contributed by atoms with van der Waals surface area (Å²) in [6.07, 6.45) is 3.04. The van der Waals surface area contributed by atoms with Gasteiger partial charge in [0.1, 0.15) is 12.4 Å². The summed E-state index contributed by atoms with van der Waals surface area (Å²) in [6.45, 7) is 0.204. The lowest BCUT2D eigenvalue weighted by Crippen LogP contribution is -2.09. The zero-order chi connectivity index (χ0) is 13.8. The molecule has 1 heterocycles. The van der Waals surface area contributed by atoms with Crippen LogP contribution in [0.2, 0.25) is 15.1 Å². The Bertz CT molecular complexity index is 577. The predicted molar refractivity (Wildman–Crippen MR) is 75.6 cm³/mol. The predicted octanol–water partition coefficient (Wildman–Crippen LogP) is 3.30. The van der Waals surface area contributed by atoms with Gasteiger partial charge in [0.05, 0.1) is 33.2 Å². The van der Waals surface area contributed by atoms with Crippen LogP contribution in [0.3, 0.4) is 0 Å². The molecule has 0 bridgehead atoms. The summed E-state index contributed by atoms with van der Waals surface area (Å²) >= 11 is 17.7. The van der Waals surface area contributed by atoms with Crippen LogP contribution < -0.4 is 16.0 Å². The van der Waals surface area contributed by atoms with Gasteiger partial charge in [-0.25, -0.2) is 10.8 Å². The molecule has 0 aliphatic carbocycles. The SMILES string of the molecule is NNc1cnc(COc2cc(Cl)c(Cl)cc2Cl)cn1. The lowest BCUT2D eigenvalue weighted by atomic mass is 10.3. The van der Waals surface area contributed by atoms with Gasteiger partial charge in [0.15, 0.2) is 5.82 Å². The maximum absolute atomic E-state index is 5.98. The molecular formula is C11H9Cl3N4O. The Morgan fingerprint density at radius 1 is 1.05 bits per heavy atom. The third-order valence-corrected chi connectivity index (χ3v) is 3.22.